The lowest BCUT2D eigenvalue weighted by Crippen LogP contribution is -2.03. The van der Waals surface area contributed by atoms with Gasteiger partial charge in [-0.25, -0.2) is 9.78 Å². The summed E-state index contributed by atoms with van der Waals surface area (Å²) in [5.74, 6) is -0.307. The minimum atomic E-state index is -0.307. The fraction of sp³-hybridized carbons (Fsp3) is 0.278. The van der Waals surface area contributed by atoms with Gasteiger partial charge >= 0.3 is 5.97 Å². The number of ether oxygens (including phenoxy) is 1. The van der Waals surface area contributed by atoms with Crippen LogP contribution in [0, 0.1) is 11.3 Å². The van der Waals surface area contributed by atoms with Gasteiger partial charge in [0.2, 0.25) is 0 Å². The summed E-state index contributed by atoms with van der Waals surface area (Å²) in [4.78, 5) is 15.4. The number of nitrogens with zero attached hydrogens (tertiary/aromatic N) is 3. The highest BCUT2D eigenvalue weighted by Crippen LogP contribution is 2.10. The van der Waals surface area contributed by atoms with E-state index >= 15 is 0 Å². The van der Waals surface area contributed by atoms with Gasteiger partial charge in [0.25, 0.3) is 0 Å². The molecule has 5 heteroatoms. The highest BCUT2D eigenvalue weighted by atomic mass is 16.5. The summed E-state index contributed by atoms with van der Waals surface area (Å²) in [6.07, 6.45) is 8.45. The Hall–Kier alpha value is -2.87. The van der Waals surface area contributed by atoms with Crippen molar-refractivity contribution < 1.29 is 9.53 Å². The molecular weight excluding hydrogens is 290 g/mol. The second-order valence-corrected chi connectivity index (χ2v) is 5.01. The van der Waals surface area contributed by atoms with E-state index in [0.29, 0.717) is 18.7 Å². The normalized spacial score (nSPS) is 10.6. The molecule has 1 aromatic heterocycles. The lowest BCUT2D eigenvalue weighted by Gasteiger charge is -2.07. The van der Waals surface area contributed by atoms with Crippen molar-refractivity contribution in [3.05, 3.63) is 65.8 Å². The number of carbonyl (C=O) groups excluding carboxylic acids is 1. The molecule has 0 saturated carbocycles. The Labute approximate surface area is 135 Å². The van der Waals surface area contributed by atoms with Crippen molar-refractivity contribution in [3.63, 3.8) is 0 Å². The molecule has 0 unspecified atom stereocenters. The van der Waals surface area contributed by atoms with Gasteiger partial charge in [-0.05, 0) is 37.5 Å². The molecule has 1 heterocycles. The van der Waals surface area contributed by atoms with Gasteiger partial charge in [-0.2, -0.15) is 5.26 Å². The number of hydrogen-bond acceptors (Lipinski definition) is 4. The Bertz CT molecular complexity index is 709. The van der Waals surface area contributed by atoms with E-state index in [1.54, 1.807) is 13.3 Å². The number of imidazole rings is 1. The Morgan fingerprint density at radius 3 is 2.87 bits per heavy atom. The van der Waals surface area contributed by atoms with E-state index in [-0.39, 0.29) is 5.97 Å². The monoisotopic (exact) mass is 309 g/mol. The largest absolute Gasteiger partial charge is 0.463 e. The average molecular weight is 309 g/mol. The van der Waals surface area contributed by atoms with Crippen LogP contribution in [0.25, 0.3) is 0 Å². The number of nitriles is 1. The second kappa shape index (κ2) is 8.54. The van der Waals surface area contributed by atoms with E-state index in [2.05, 4.69) is 15.6 Å². The van der Waals surface area contributed by atoms with Crippen molar-refractivity contribution in [1.29, 1.82) is 5.26 Å². The first-order valence-electron chi connectivity index (χ1n) is 7.54. The molecule has 0 saturated heterocycles. The van der Waals surface area contributed by atoms with Gasteiger partial charge < -0.3 is 9.30 Å². The molecule has 0 aliphatic heterocycles. The van der Waals surface area contributed by atoms with E-state index in [4.69, 9.17) is 10.00 Å². The predicted octanol–water partition coefficient (Wildman–Crippen LogP) is 2.85. The highest BCUT2D eigenvalue weighted by Gasteiger charge is 2.03. The van der Waals surface area contributed by atoms with E-state index in [0.717, 1.165) is 24.1 Å². The van der Waals surface area contributed by atoms with Crippen molar-refractivity contribution in [2.45, 2.75) is 26.3 Å². The third kappa shape index (κ3) is 5.11. The van der Waals surface area contributed by atoms with Crippen LogP contribution in [-0.4, -0.2) is 22.1 Å². The molecule has 2 aromatic rings. The van der Waals surface area contributed by atoms with Gasteiger partial charge in [0, 0.05) is 24.5 Å². The zero-order valence-electron chi connectivity index (χ0n) is 13.1. The molecule has 0 aliphatic rings. The first-order chi connectivity index (χ1) is 11.2. The molecule has 1 aromatic carbocycles. The molecule has 2 rings (SSSR count). The zero-order chi connectivity index (χ0) is 16.5. The lowest BCUT2D eigenvalue weighted by molar-refractivity contribution is -0.137. The Morgan fingerprint density at radius 1 is 1.39 bits per heavy atom. The molecule has 0 aliphatic carbocycles. The predicted molar refractivity (Wildman–Crippen MR) is 86.6 cm³/mol. The summed E-state index contributed by atoms with van der Waals surface area (Å²) < 4.78 is 6.90. The van der Waals surface area contributed by atoms with Crippen LogP contribution in [0.5, 0.6) is 0 Å². The molecule has 0 bridgehead atoms. The summed E-state index contributed by atoms with van der Waals surface area (Å²) in [7, 11) is 0. The summed E-state index contributed by atoms with van der Waals surface area (Å²) in [5, 5.41) is 8.82. The first kappa shape index (κ1) is 16.5. The van der Waals surface area contributed by atoms with Crippen LogP contribution < -0.4 is 0 Å². The lowest BCUT2D eigenvalue weighted by atomic mass is 10.1. The molecule has 0 atom stereocenters. The molecule has 0 amide bonds. The van der Waals surface area contributed by atoms with Crippen LogP contribution >= 0.6 is 0 Å². The van der Waals surface area contributed by atoms with Crippen LogP contribution in [0.15, 0.2) is 48.9 Å². The average Bonchev–Trinajstić information content (AvgIpc) is 3.00. The zero-order valence-corrected chi connectivity index (χ0v) is 13.1. The minimum absolute atomic E-state index is 0.307. The Kier molecular flexibility index (Phi) is 6.13. The molecular formula is C18H19N3O2. The SMILES string of the molecule is CCOC(=O)C=CCCc1cncn1Cc1ccc(C#N)cc1. The molecule has 0 N–H and O–H groups in total. The van der Waals surface area contributed by atoms with E-state index < -0.39 is 0 Å². The third-order valence-corrected chi connectivity index (χ3v) is 3.34. The molecule has 0 fully saturated rings. The van der Waals surface area contributed by atoms with Crippen LogP contribution in [0.1, 0.15) is 30.2 Å². The van der Waals surface area contributed by atoms with Gasteiger partial charge in [-0.15, -0.1) is 0 Å². The maximum atomic E-state index is 11.2. The quantitative estimate of drug-likeness (QED) is 0.582. The Morgan fingerprint density at radius 2 is 2.17 bits per heavy atom. The van der Waals surface area contributed by atoms with Gasteiger partial charge in [0.15, 0.2) is 0 Å². The van der Waals surface area contributed by atoms with E-state index in [9.17, 15) is 4.79 Å². The van der Waals surface area contributed by atoms with Gasteiger partial charge in [-0.1, -0.05) is 18.2 Å². The number of carbonyl (C=O) groups is 1. The Balaban J connectivity index is 1.91. The number of aromatic nitrogens is 2. The molecule has 0 spiro atoms. The van der Waals surface area contributed by atoms with Crippen LogP contribution in [0.4, 0.5) is 0 Å². The smallest absolute Gasteiger partial charge is 0.330 e. The maximum absolute atomic E-state index is 11.2. The number of hydrogen-bond donors (Lipinski definition) is 0. The summed E-state index contributed by atoms with van der Waals surface area (Å²) in [6.45, 7) is 2.89. The minimum Gasteiger partial charge on any atom is -0.463 e. The fourth-order valence-electron chi connectivity index (χ4n) is 2.18. The highest BCUT2D eigenvalue weighted by molar-refractivity contribution is 5.81. The third-order valence-electron chi connectivity index (χ3n) is 3.34. The van der Waals surface area contributed by atoms with Gasteiger partial charge in [0.05, 0.1) is 24.6 Å². The number of esters is 1. The summed E-state index contributed by atoms with van der Waals surface area (Å²) in [6, 6.07) is 9.63. The van der Waals surface area contributed by atoms with Crippen molar-refractivity contribution in [2.75, 3.05) is 6.61 Å². The number of allylic oxidation sites excluding steroid dienone is 1. The van der Waals surface area contributed by atoms with Crippen molar-refractivity contribution in [1.82, 2.24) is 9.55 Å². The molecule has 23 heavy (non-hydrogen) atoms. The fourth-order valence-corrected chi connectivity index (χ4v) is 2.18. The topological polar surface area (TPSA) is 67.9 Å². The van der Waals surface area contributed by atoms with E-state index in [1.807, 2.05) is 36.5 Å². The van der Waals surface area contributed by atoms with Gasteiger partial charge in [0.1, 0.15) is 0 Å². The maximum Gasteiger partial charge on any atom is 0.330 e. The number of benzene rings is 1. The summed E-state index contributed by atoms with van der Waals surface area (Å²) >= 11 is 0. The second-order valence-electron chi connectivity index (χ2n) is 5.01. The standard InChI is InChI=1S/C18H19N3O2/c1-2-23-18(22)6-4-3-5-17-12-20-14-21(17)13-16-9-7-15(11-19)8-10-16/h4,6-10,12,14H,2-3,5,13H2,1H3. The molecule has 5 nitrogen and oxygen atoms in total. The molecule has 118 valence electrons. The van der Waals surface area contributed by atoms with Crippen LogP contribution in [-0.2, 0) is 22.5 Å². The van der Waals surface area contributed by atoms with Crippen LogP contribution in [0.2, 0.25) is 0 Å². The first-order valence-corrected chi connectivity index (χ1v) is 7.54. The number of aryl methyl sites for hydroxylation is 1. The van der Waals surface area contributed by atoms with E-state index in [1.165, 1.54) is 6.08 Å². The van der Waals surface area contributed by atoms with Crippen molar-refractivity contribution in [2.24, 2.45) is 0 Å². The van der Waals surface area contributed by atoms with Crippen LogP contribution in [0.3, 0.4) is 0 Å². The molecule has 0 radical (unpaired) electrons. The summed E-state index contributed by atoms with van der Waals surface area (Å²) in [5.41, 5.74) is 2.87. The van der Waals surface area contributed by atoms with Crippen molar-refractivity contribution in [3.8, 4) is 6.07 Å². The van der Waals surface area contributed by atoms with Gasteiger partial charge in [-0.3, -0.25) is 0 Å². The van der Waals surface area contributed by atoms with Crippen molar-refractivity contribution >= 4 is 5.97 Å². The number of rotatable bonds is 7.